The van der Waals surface area contributed by atoms with Crippen molar-refractivity contribution in [1.29, 1.82) is 0 Å². The zero-order valence-electron chi connectivity index (χ0n) is 19.8. The highest BCUT2D eigenvalue weighted by molar-refractivity contribution is 6.04. The van der Waals surface area contributed by atoms with Crippen LogP contribution in [-0.4, -0.2) is 79.4 Å². The lowest BCUT2D eigenvalue weighted by Gasteiger charge is -2.40. The summed E-state index contributed by atoms with van der Waals surface area (Å²) >= 11 is 0. The van der Waals surface area contributed by atoms with Crippen molar-refractivity contribution in [2.45, 2.75) is 31.6 Å². The molecule has 190 valence electrons. The van der Waals surface area contributed by atoms with Gasteiger partial charge >= 0.3 is 6.18 Å². The van der Waals surface area contributed by atoms with Crippen LogP contribution in [0.5, 0.6) is 0 Å². The lowest BCUT2D eigenvalue weighted by atomic mass is 9.94. The molecule has 1 saturated heterocycles. The van der Waals surface area contributed by atoms with Crippen LogP contribution >= 0.6 is 0 Å². The van der Waals surface area contributed by atoms with Gasteiger partial charge in [-0.2, -0.15) is 13.2 Å². The second kappa shape index (κ2) is 9.71. The number of aliphatic imine (C=N–C) groups is 1. The maximum Gasteiger partial charge on any atom is 0.424 e. The van der Waals surface area contributed by atoms with Gasteiger partial charge in [-0.1, -0.05) is 18.0 Å². The lowest BCUT2D eigenvalue weighted by Crippen LogP contribution is -2.54. The Bertz CT molecular complexity index is 1170. The molecule has 0 aromatic heterocycles. The standard InChI is InChI=1S/C26H28F3N5O2/c1-16-12-21(35)23-22(16)24(32-15-31-23)33-8-10-34(11-9-33)25(36)20(14-30-13-17-2-3-17)18-4-6-19(7-5-18)26(27,28)29/h4,6,15,17,20,24,30H,1-3,8-14H2,(H,31,32)/t20-,24?/m1/s1. The van der Waals surface area contributed by atoms with Crippen molar-refractivity contribution in [3.8, 4) is 0 Å². The monoisotopic (exact) mass is 499 g/mol. The molecule has 1 saturated carbocycles. The van der Waals surface area contributed by atoms with Gasteiger partial charge in [0, 0.05) is 50.3 Å². The number of carbonyl (C=O) groups is 2. The van der Waals surface area contributed by atoms with E-state index in [1.807, 2.05) is 0 Å². The maximum atomic E-state index is 13.5. The molecule has 1 amide bonds. The molecule has 5 aliphatic rings. The molecule has 2 aliphatic heterocycles. The molecule has 0 bridgehead atoms. The van der Waals surface area contributed by atoms with Gasteiger partial charge in [0.25, 0.3) is 0 Å². The highest BCUT2D eigenvalue weighted by atomic mass is 19.4. The Morgan fingerprint density at radius 1 is 1.22 bits per heavy atom. The number of amides is 1. The van der Waals surface area contributed by atoms with Crippen LogP contribution in [0.4, 0.5) is 13.2 Å². The zero-order chi connectivity index (χ0) is 25.4. The van der Waals surface area contributed by atoms with E-state index in [4.69, 9.17) is 0 Å². The van der Waals surface area contributed by atoms with Gasteiger partial charge < -0.3 is 15.5 Å². The molecular weight excluding hydrogens is 471 g/mol. The van der Waals surface area contributed by atoms with E-state index in [0.717, 1.165) is 36.6 Å². The topological polar surface area (TPSA) is 77.0 Å². The summed E-state index contributed by atoms with van der Waals surface area (Å²) in [4.78, 5) is 34.2. The van der Waals surface area contributed by atoms with Crippen LogP contribution in [0, 0.1) is 11.8 Å². The average Bonchev–Trinajstić information content (AvgIpc) is 3.65. The molecule has 10 heteroatoms. The Morgan fingerprint density at radius 2 is 1.97 bits per heavy atom. The highest BCUT2D eigenvalue weighted by Crippen LogP contribution is 2.34. The summed E-state index contributed by atoms with van der Waals surface area (Å²) < 4.78 is 39.0. The number of Topliss-reactive ketones (excluding diaryl/α,β-unsaturated/α-hetero) is 1. The summed E-state index contributed by atoms with van der Waals surface area (Å²) in [5.41, 5.74) is 6.41. The molecular formula is C26H28F3N5O2. The van der Waals surface area contributed by atoms with Crippen molar-refractivity contribution in [3.63, 3.8) is 0 Å². The Labute approximate surface area is 207 Å². The number of nitrogens with zero attached hydrogens (tertiary/aromatic N) is 3. The fourth-order valence-electron chi connectivity index (χ4n) is 4.95. The molecule has 2 heterocycles. The summed E-state index contributed by atoms with van der Waals surface area (Å²) in [5.74, 6) is -0.177. The third-order valence-corrected chi connectivity index (χ3v) is 7.19. The van der Waals surface area contributed by atoms with Crippen LogP contribution in [-0.2, 0) is 9.59 Å². The van der Waals surface area contributed by atoms with E-state index in [9.17, 15) is 22.8 Å². The molecule has 0 aromatic rings. The zero-order valence-corrected chi connectivity index (χ0v) is 19.8. The fraction of sp³-hybridized carbons (Fsp3) is 0.500. The van der Waals surface area contributed by atoms with E-state index in [1.54, 1.807) is 4.90 Å². The number of hydrogen-bond acceptors (Lipinski definition) is 6. The van der Waals surface area contributed by atoms with E-state index in [2.05, 4.69) is 38.6 Å². The van der Waals surface area contributed by atoms with Crippen LogP contribution in [0.2, 0.25) is 0 Å². The van der Waals surface area contributed by atoms with E-state index >= 15 is 0 Å². The quantitative estimate of drug-likeness (QED) is 0.526. The molecule has 2 fully saturated rings. The van der Waals surface area contributed by atoms with Crippen molar-refractivity contribution in [1.82, 2.24) is 20.4 Å². The Balaban J connectivity index is 1.28. The highest BCUT2D eigenvalue weighted by Gasteiger charge is 2.39. The molecule has 7 nitrogen and oxygen atoms in total. The molecule has 0 spiro atoms. The summed E-state index contributed by atoms with van der Waals surface area (Å²) in [6.07, 6.45) is 1.61. The van der Waals surface area contributed by atoms with E-state index in [1.165, 1.54) is 12.4 Å². The first kappa shape index (κ1) is 24.5. The number of allylic oxidation sites excluding steroid dienone is 4. The molecule has 2 atom stereocenters. The van der Waals surface area contributed by atoms with E-state index < -0.39 is 17.7 Å². The normalized spacial score (nSPS) is 25.1. The van der Waals surface area contributed by atoms with Gasteiger partial charge in [-0.3, -0.25) is 19.5 Å². The van der Waals surface area contributed by atoms with Crippen molar-refractivity contribution < 1.29 is 22.8 Å². The molecule has 1 unspecified atom stereocenters. The van der Waals surface area contributed by atoms with Gasteiger partial charge in [0.1, 0.15) is 11.7 Å². The predicted molar refractivity (Wildman–Crippen MR) is 128 cm³/mol. The number of halogens is 3. The van der Waals surface area contributed by atoms with Crippen LogP contribution in [0.15, 0.2) is 63.2 Å². The summed E-state index contributed by atoms with van der Waals surface area (Å²) in [7, 11) is 0. The van der Waals surface area contributed by atoms with E-state index in [-0.39, 0.29) is 24.3 Å². The molecule has 36 heavy (non-hydrogen) atoms. The minimum absolute atomic E-state index is 0.00565. The average molecular weight is 500 g/mol. The van der Waals surface area contributed by atoms with Crippen LogP contribution < -0.4 is 10.6 Å². The second-order valence-corrected chi connectivity index (χ2v) is 9.75. The summed E-state index contributed by atoms with van der Waals surface area (Å²) in [6, 6.07) is 0. The largest absolute Gasteiger partial charge is 0.424 e. The first-order valence-electron chi connectivity index (χ1n) is 12.2. The Morgan fingerprint density at radius 3 is 2.61 bits per heavy atom. The number of alkyl halides is 3. The third kappa shape index (κ3) is 5.04. The maximum absolute atomic E-state index is 13.5. The predicted octanol–water partition coefficient (Wildman–Crippen LogP) is 2.23. The first-order valence-corrected chi connectivity index (χ1v) is 12.2. The summed E-state index contributed by atoms with van der Waals surface area (Å²) in [5, 5.41) is 6.26. The van der Waals surface area contributed by atoms with Crippen molar-refractivity contribution in [2.75, 3.05) is 39.3 Å². The first-order chi connectivity index (χ1) is 17.2. The van der Waals surface area contributed by atoms with E-state index in [0.29, 0.717) is 49.9 Å². The number of ketones is 1. The van der Waals surface area contributed by atoms with Gasteiger partial charge in [0.05, 0.1) is 18.0 Å². The van der Waals surface area contributed by atoms with Gasteiger partial charge in [0.2, 0.25) is 5.91 Å². The minimum Gasteiger partial charge on any atom is -0.343 e. The van der Waals surface area contributed by atoms with Crippen molar-refractivity contribution in [2.24, 2.45) is 16.8 Å². The number of piperazine rings is 1. The summed E-state index contributed by atoms with van der Waals surface area (Å²) in [6.45, 7) is 7.16. The smallest absolute Gasteiger partial charge is 0.343 e. The van der Waals surface area contributed by atoms with Gasteiger partial charge in [-0.15, -0.1) is 0 Å². The van der Waals surface area contributed by atoms with Gasteiger partial charge in [-0.05, 0) is 43.0 Å². The van der Waals surface area contributed by atoms with Crippen LogP contribution in [0.3, 0.4) is 0 Å². The number of hydrogen-bond donors (Lipinski definition) is 2. The van der Waals surface area contributed by atoms with Crippen LogP contribution in [0.1, 0.15) is 19.3 Å². The molecule has 0 radical (unpaired) electrons. The Kier molecular flexibility index (Phi) is 6.62. The number of nitrogens with one attached hydrogen (secondary N) is 2. The van der Waals surface area contributed by atoms with Crippen LogP contribution in [0.25, 0.3) is 0 Å². The lowest BCUT2D eigenvalue weighted by molar-refractivity contribution is -0.136. The molecule has 3 aliphatic carbocycles. The third-order valence-electron chi connectivity index (χ3n) is 7.19. The second-order valence-electron chi connectivity index (χ2n) is 9.75. The van der Waals surface area contributed by atoms with Crippen molar-refractivity contribution >= 4 is 18.0 Å². The number of carbonyl (C=O) groups excluding carboxylic acids is 2. The molecule has 2 N–H and O–H groups in total. The van der Waals surface area contributed by atoms with Gasteiger partial charge in [0.15, 0.2) is 5.78 Å². The SMILES string of the molecule is C=C1CC(=O)C2=C1C(N1CCN(C(=O)[C@H](CNCC3CC3)C3=C=C=C(C(F)(F)F)C=C3)CC1)N=CN2. The Hall–Kier alpha value is -3.16. The fourth-order valence-corrected chi connectivity index (χ4v) is 4.95. The molecule has 5 rings (SSSR count). The minimum atomic E-state index is -4.50. The number of rotatable bonds is 7. The van der Waals surface area contributed by atoms with Crippen molar-refractivity contribution in [3.05, 3.63) is 58.2 Å². The molecule has 0 aromatic carbocycles. The van der Waals surface area contributed by atoms with Gasteiger partial charge in [-0.25, -0.2) is 0 Å².